The second-order valence-electron chi connectivity index (χ2n) is 17.5. The summed E-state index contributed by atoms with van der Waals surface area (Å²) in [5.41, 5.74) is 5.45. The van der Waals surface area contributed by atoms with Crippen LogP contribution in [0.5, 0.6) is 5.75 Å². The molecule has 0 bridgehead atoms. The molecule has 15 nitrogen and oxygen atoms in total. The summed E-state index contributed by atoms with van der Waals surface area (Å²) in [6, 6.07) is 17.6. The summed E-state index contributed by atoms with van der Waals surface area (Å²) < 4.78 is 72.9. The van der Waals surface area contributed by atoms with Crippen LogP contribution in [0.2, 0.25) is 5.02 Å². The van der Waals surface area contributed by atoms with E-state index in [1.165, 1.54) is 101 Å². The number of benzene rings is 2. The molecule has 5 atom stereocenters. The van der Waals surface area contributed by atoms with E-state index >= 15 is 0 Å². The molecular formula is C50H67ClFN6O9P. The average Bonchev–Trinajstić information content (AvgIpc) is 3.91. The van der Waals surface area contributed by atoms with Crippen LogP contribution >= 0.6 is 19.4 Å². The molecule has 1 aliphatic heterocycles. The smallest absolute Gasteiger partial charge is 0.402 e. The monoisotopic (exact) mass is 980 g/mol. The first-order valence-corrected chi connectivity index (χ1v) is 25.6. The molecule has 5 rings (SSSR count). The van der Waals surface area contributed by atoms with Crippen LogP contribution in [0.15, 0.2) is 73.1 Å². The average molecular weight is 982 g/mol. The zero-order valence-corrected chi connectivity index (χ0v) is 41.2. The van der Waals surface area contributed by atoms with E-state index in [4.69, 9.17) is 49.9 Å². The minimum atomic E-state index is -4.61. The lowest BCUT2D eigenvalue weighted by Gasteiger charge is -2.31. The Morgan fingerprint density at radius 3 is 2.40 bits per heavy atom. The lowest BCUT2D eigenvalue weighted by molar-refractivity contribution is -0.226. The number of aromatic nitrogens is 3. The largest absolute Gasteiger partial charge is 0.530 e. The van der Waals surface area contributed by atoms with Crippen molar-refractivity contribution in [3.63, 3.8) is 0 Å². The second kappa shape index (κ2) is 27.7. The fraction of sp³-hybridized carbons (Fsp3) is 0.560. The molecule has 0 aliphatic carbocycles. The van der Waals surface area contributed by atoms with Crippen molar-refractivity contribution in [2.45, 2.75) is 153 Å². The maximum atomic E-state index is 14.7. The van der Waals surface area contributed by atoms with E-state index in [1.54, 1.807) is 30.3 Å². The van der Waals surface area contributed by atoms with Gasteiger partial charge in [0.2, 0.25) is 5.60 Å². The summed E-state index contributed by atoms with van der Waals surface area (Å²) in [4.78, 5) is 4.03. The summed E-state index contributed by atoms with van der Waals surface area (Å²) in [5, 5.41) is 35.3. The Balaban J connectivity index is 1.21. The molecule has 3 heterocycles. The minimum absolute atomic E-state index is 0.00790. The summed E-state index contributed by atoms with van der Waals surface area (Å²) in [5.74, 6) is -2.11. The van der Waals surface area contributed by atoms with Crippen molar-refractivity contribution < 1.29 is 46.6 Å². The first-order valence-electron chi connectivity index (χ1n) is 23.7. The lowest BCUT2D eigenvalue weighted by Crippen LogP contribution is -2.43. The lowest BCUT2D eigenvalue weighted by atomic mass is 9.93. The highest BCUT2D eigenvalue weighted by Crippen LogP contribution is 2.52. The second-order valence-corrected chi connectivity index (χ2v) is 19.5. The summed E-state index contributed by atoms with van der Waals surface area (Å²) in [6.07, 6.45) is 19.6. The minimum Gasteiger partial charge on any atom is -0.402 e. The van der Waals surface area contributed by atoms with Crippen LogP contribution in [0.3, 0.4) is 0 Å². The Hall–Kier alpha value is -4.45. The van der Waals surface area contributed by atoms with Crippen LogP contribution in [-0.4, -0.2) is 70.2 Å². The van der Waals surface area contributed by atoms with Crippen molar-refractivity contribution in [1.29, 1.82) is 10.5 Å². The van der Waals surface area contributed by atoms with Crippen LogP contribution < -0.4 is 10.3 Å². The molecule has 0 saturated carbocycles. The zero-order chi connectivity index (χ0) is 48.8. The van der Waals surface area contributed by atoms with E-state index in [2.05, 4.69) is 35.2 Å². The molecule has 0 amide bonds. The zero-order valence-electron chi connectivity index (χ0n) is 39.5. The van der Waals surface area contributed by atoms with E-state index in [1.807, 2.05) is 6.07 Å². The molecule has 3 N–H and O–H groups in total. The Labute approximate surface area is 405 Å². The number of anilines is 1. The SMILES string of the molecule is CCCCCCCC/C=C\CCCCCCCCOC[C@H](COP(=O)(OC[C@@H]1C[C@@H](OC(C)(C)O)[C@](C#N)(c2ccc3c(N)ncnn23)O1)Oc1ccccc1Cl)OCc1cc(F)cc(C#N)c1. The number of unbranched alkanes of at least 4 members (excludes halogenated alkanes) is 12. The molecule has 2 aromatic carbocycles. The quantitative estimate of drug-likeness (QED) is 0.0202. The molecule has 0 radical (unpaired) electrons. The number of fused-ring (bicyclic) bond motifs is 1. The Morgan fingerprint density at radius 1 is 1.00 bits per heavy atom. The van der Waals surface area contributed by atoms with Crippen molar-refractivity contribution in [3.05, 3.63) is 101 Å². The summed E-state index contributed by atoms with van der Waals surface area (Å²) >= 11 is 6.44. The Bertz CT molecular complexity index is 2330. The number of hydrogen-bond donors (Lipinski definition) is 2. The van der Waals surface area contributed by atoms with Crippen molar-refractivity contribution >= 4 is 30.8 Å². The third kappa shape index (κ3) is 17.2. The van der Waals surface area contributed by atoms with E-state index in [-0.39, 0.29) is 54.1 Å². The molecule has 68 heavy (non-hydrogen) atoms. The third-order valence-electron chi connectivity index (χ3n) is 11.3. The van der Waals surface area contributed by atoms with E-state index in [9.17, 15) is 24.6 Å². The number of rotatable bonds is 32. The molecule has 1 aliphatic rings. The number of nitrogen functional groups attached to an aromatic ring is 1. The maximum Gasteiger partial charge on any atom is 0.530 e. The van der Waals surface area contributed by atoms with Gasteiger partial charge in [0.05, 0.1) is 54.9 Å². The highest BCUT2D eigenvalue weighted by atomic mass is 35.5. The molecular weight excluding hydrogens is 914 g/mol. The van der Waals surface area contributed by atoms with Gasteiger partial charge >= 0.3 is 7.82 Å². The number of aliphatic hydroxyl groups is 1. The van der Waals surface area contributed by atoms with Gasteiger partial charge in [-0.15, -0.1) is 0 Å². The maximum absolute atomic E-state index is 14.7. The van der Waals surface area contributed by atoms with Crippen molar-refractivity contribution in [1.82, 2.24) is 14.6 Å². The van der Waals surface area contributed by atoms with Gasteiger partial charge in [-0.3, -0.25) is 9.05 Å². The van der Waals surface area contributed by atoms with Crippen molar-refractivity contribution in [3.8, 4) is 17.9 Å². The van der Waals surface area contributed by atoms with E-state index in [0.717, 1.165) is 38.2 Å². The summed E-state index contributed by atoms with van der Waals surface area (Å²) in [6.45, 7) is 4.62. The fourth-order valence-corrected chi connectivity index (χ4v) is 9.39. The van der Waals surface area contributed by atoms with E-state index in [0.29, 0.717) is 17.7 Å². The van der Waals surface area contributed by atoms with Gasteiger partial charge < -0.3 is 34.3 Å². The number of ether oxygens (including phenoxy) is 4. The van der Waals surface area contributed by atoms with Crippen molar-refractivity contribution in [2.75, 3.05) is 32.2 Å². The standard InChI is InChI=1S/C50H67ClFN6O9P/c1-4-5-6-7-8-9-10-11-12-13-14-15-16-17-18-21-26-61-33-42(62-32-39-27-38(31-53)28-40(52)29-39)35-64-68(60,67-45-23-20-19-22-43(45)51)63-34-41-30-47(66-49(2,3)59)50(36-54,65-41)46-25-24-44-48(55)56-37-57-58(44)46/h11-12,19-20,22-25,27-29,37,41-42,47,59H,4-10,13-18,21,26,30,32-35H2,1-3H3,(H2,55,56,57)/b12-11-/t41-,42+,47+,50-,68?/m0/s1. The number of para-hydroxylation sites is 1. The third-order valence-corrected chi connectivity index (χ3v) is 13.0. The van der Waals surface area contributed by atoms with Gasteiger partial charge in [-0.1, -0.05) is 101 Å². The number of nitrogens with two attached hydrogens (primary N) is 1. The molecule has 1 fully saturated rings. The number of hydrogen-bond acceptors (Lipinski definition) is 14. The molecule has 2 aromatic heterocycles. The van der Waals surface area contributed by atoms with Gasteiger partial charge in [-0.2, -0.15) is 15.6 Å². The Kier molecular flexibility index (Phi) is 22.2. The van der Waals surface area contributed by atoms with Crippen LogP contribution in [-0.2, 0) is 44.8 Å². The van der Waals surface area contributed by atoms with Gasteiger partial charge in [0.25, 0.3) is 0 Å². The Morgan fingerprint density at radius 2 is 1.71 bits per heavy atom. The topological polar surface area (TPSA) is 206 Å². The van der Waals surface area contributed by atoms with Gasteiger partial charge in [0.15, 0.2) is 11.6 Å². The normalized spacial score (nSPS) is 18.7. The molecule has 1 saturated heterocycles. The highest BCUT2D eigenvalue weighted by Gasteiger charge is 2.55. The number of phosphoric acid groups is 1. The van der Waals surface area contributed by atoms with Gasteiger partial charge in [0, 0.05) is 13.0 Å². The molecule has 0 spiro atoms. The molecule has 4 aromatic rings. The number of nitriles is 2. The van der Waals surface area contributed by atoms with Crippen LogP contribution in [0.1, 0.15) is 134 Å². The highest BCUT2D eigenvalue weighted by molar-refractivity contribution is 7.48. The van der Waals surface area contributed by atoms with Crippen LogP contribution in [0.25, 0.3) is 5.52 Å². The van der Waals surface area contributed by atoms with Gasteiger partial charge in [-0.25, -0.2) is 18.5 Å². The summed E-state index contributed by atoms with van der Waals surface area (Å²) in [7, 11) is -4.61. The predicted molar refractivity (Wildman–Crippen MR) is 257 cm³/mol. The van der Waals surface area contributed by atoms with Crippen molar-refractivity contribution in [2.24, 2.45) is 0 Å². The number of halogens is 2. The first-order chi connectivity index (χ1) is 32.8. The predicted octanol–water partition coefficient (Wildman–Crippen LogP) is 11.5. The van der Waals surface area contributed by atoms with Crippen LogP contribution in [0, 0.1) is 28.5 Å². The molecule has 18 heteroatoms. The number of phosphoric ester groups is 1. The molecule has 370 valence electrons. The molecule has 1 unspecified atom stereocenters. The first kappa shape index (κ1) is 54.5. The van der Waals surface area contributed by atoms with Crippen LogP contribution in [0.4, 0.5) is 10.2 Å². The van der Waals surface area contributed by atoms with E-state index < -0.39 is 49.9 Å². The number of allylic oxidation sites excluding steroid dienone is 2. The number of nitrogens with zero attached hydrogens (tertiary/aromatic N) is 5. The van der Waals surface area contributed by atoms with Gasteiger partial charge in [0.1, 0.15) is 41.7 Å². The fourth-order valence-electron chi connectivity index (χ4n) is 7.89. The van der Waals surface area contributed by atoms with Gasteiger partial charge in [-0.05, 0) is 94.0 Å².